The summed E-state index contributed by atoms with van der Waals surface area (Å²) in [4.78, 5) is 26.2. The van der Waals surface area contributed by atoms with Gasteiger partial charge in [0.15, 0.2) is 0 Å². The van der Waals surface area contributed by atoms with Crippen molar-refractivity contribution in [2.75, 3.05) is 10.6 Å². The van der Waals surface area contributed by atoms with Crippen molar-refractivity contribution in [1.29, 1.82) is 0 Å². The van der Waals surface area contributed by atoms with Crippen LogP contribution in [0.15, 0.2) is 24.3 Å². The van der Waals surface area contributed by atoms with Crippen LogP contribution in [0.1, 0.15) is 66.9 Å². The number of nitrogens with one attached hydrogen (secondary N) is 2. The summed E-state index contributed by atoms with van der Waals surface area (Å²) in [5.41, 5.74) is 0.0169. The molecule has 1 aromatic heterocycles. The second kappa shape index (κ2) is 8.65. The fraction of sp³-hybridized carbons (Fsp3) is 0.478. The number of amides is 2. The van der Waals surface area contributed by atoms with E-state index in [4.69, 9.17) is 0 Å². The second-order valence-corrected chi connectivity index (χ2v) is 10.0. The number of anilines is 2. The lowest BCUT2D eigenvalue weighted by Gasteiger charge is -2.33. The Kier molecular flexibility index (Phi) is 6.51. The van der Waals surface area contributed by atoms with Gasteiger partial charge in [-0.3, -0.25) is 9.59 Å². The van der Waals surface area contributed by atoms with Gasteiger partial charge in [-0.25, -0.2) is 0 Å². The lowest BCUT2D eigenvalue weighted by Crippen LogP contribution is -2.27. The maximum absolute atomic E-state index is 13.4. The summed E-state index contributed by atoms with van der Waals surface area (Å²) < 4.78 is 40.1. The Hall–Kier alpha value is -2.35. The van der Waals surface area contributed by atoms with E-state index in [-0.39, 0.29) is 29.0 Å². The largest absolute Gasteiger partial charge is 0.418 e. The van der Waals surface area contributed by atoms with E-state index in [1.807, 2.05) is 0 Å². The van der Waals surface area contributed by atoms with Gasteiger partial charge in [-0.1, -0.05) is 39.8 Å². The first-order chi connectivity index (χ1) is 14.4. The zero-order valence-electron chi connectivity index (χ0n) is 18.1. The van der Waals surface area contributed by atoms with E-state index in [1.54, 1.807) is 6.92 Å². The van der Waals surface area contributed by atoms with E-state index in [9.17, 15) is 22.8 Å². The number of fused-ring (bicyclic) bond motifs is 1. The van der Waals surface area contributed by atoms with Gasteiger partial charge in [-0.05, 0) is 48.3 Å². The van der Waals surface area contributed by atoms with Crippen molar-refractivity contribution in [3.8, 4) is 0 Å². The highest BCUT2D eigenvalue weighted by Gasteiger charge is 2.36. The highest BCUT2D eigenvalue weighted by atomic mass is 32.1. The van der Waals surface area contributed by atoms with Gasteiger partial charge in [0.1, 0.15) is 5.00 Å². The van der Waals surface area contributed by atoms with Crippen molar-refractivity contribution < 1.29 is 22.8 Å². The van der Waals surface area contributed by atoms with Gasteiger partial charge in [0.25, 0.3) is 5.91 Å². The highest BCUT2D eigenvalue weighted by Crippen LogP contribution is 2.45. The Labute approximate surface area is 184 Å². The third-order valence-electron chi connectivity index (χ3n) is 5.77. The minimum Gasteiger partial charge on any atom is -0.321 e. The summed E-state index contributed by atoms with van der Waals surface area (Å²) in [5, 5.41) is 5.63. The predicted octanol–water partition coefficient (Wildman–Crippen LogP) is 6.52. The molecular weight excluding hydrogens is 425 g/mol. The van der Waals surface area contributed by atoms with E-state index in [0.717, 1.165) is 29.3 Å². The van der Waals surface area contributed by atoms with Gasteiger partial charge in [0.05, 0.1) is 16.8 Å². The van der Waals surface area contributed by atoms with Gasteiger partial charge in [-0.15, -0.1) is 11.3 Å². The molecule has 31 heavy (non-hydrogen) atoms. The molecule has 0 fully saturated rings. The van der Waals surface area contributed by atoms with E-state index >= 15 is 0 Å². The lowest BCUT2D eigenvalue weighted by atomic mass is 9.72. The van der Waals surface area contributed by atoms with E-state index in [0.29, 0.717) is 17.3 Å². The number of alkyl halides is 3. The normalized spacial score (nSPS) is 16.5. The van der Waals surface area contributed by atoms with E-state index in [1.165, 1.54) is 29.5 Å². The molecule has 2 aromatic rings. The van der Waals surface area contributed by atoms with Crippen LogP contribution in [0.3, 0.4) is 0 Å². The number of carbonyl (C=O) groups is 2. The first-order valence-electron chi connectivity index (χ1n) is 10.3. The smallest absolute Gasteiger partial charge is 0.321 e. The molecule has 0 bridgehead atoms. The molecule has 3 rings (SSSR count). The molecule has 1 unspecified atom stereocenters. The molecule has 1 heterocycles. The Morgan fingerprint density at radius 1 is 1.13 bits per heavy atom. The molecule has 0 saturated carbocycles. The molecule has 0 spiro atoms. The van der Waals surface area contributed by atoms with Crippen LogP contribution in [0.25, 0.3) is 0 Å². The molecular formula is C23H27F3N2O2S. The number of halogens is 3. The molecule has 2 amide bonds. The number of thiophene rings is 1. The average molecular weight is 453 g/mol. The molecule has 0 saturated heterocycles. The fourth-order valence-electron chi connectivity index (χ4n) is 3.89. The van der Waals surface area contributed by atoms with Gasteiger partial charge in [0.2, 0.25) is 5.91 Å². The molecule has 1 aliphatic carbocycles. The van der Waals surface area contributed by atoms with Gasteiger partial charge < -0.3 is 10.6 Å². The van der Waals surface area contributed by atoms with Crippen molar-refractivity contribution in [2.24, 2.45) is 11.3 Å². The highest BCUT2D eigenvalue weighted by molar-refractivity contribution is 7.17. The maximum atomic E-state index is 13.4. The van der Waals surface area contributed by atoms with Crippen molar-refractivity contribution in [2.45, 2.75) is 59.6 Å². The Bertz CT molecular complexity index is 990. The van der Waals surface area contributed by atoms with Crippen molar-refractivity contribution in [1.82, 2.24) is 0 Å². The first-order valence-corrected chi connectivity index (χ1v) is 11.2. The quantitative estimate of drug-likeness (QED) is 0.555. The number of hydrogen-bond donors (Lipinski definition) is 2. The second-order valence-electron chi connectivity index (χ2n) is 8.91. The van der Waals surface area contributed by atoms with Crippen molar-refractivity contribution >= 4 is 33.8 Å². The fourth-order valence-corrected chi connectivity index (χ4v) is 5.23. The molecule has 0 aliphatic heterocycles. The van der Waals surface area contributed by atoms with Crippen LogP contribution in [0.2, 0.25) is 0 Å². The number of hydrogen-bond acceptors (Lipinski definition) is 3. The van der Waals surface area contributed by atoms with Crippen LogP contribution in [-0.2, 0) is 23.8 Å². The van der Waals surface area contributed by atoms with Crippen molar-refractivity contribution in [3.05, 3.63) is 45.8 Å². The van der Waals surface area contributed by atoms with Crippen LogP contribution in [0.5, 0.6) is 0 Å². The van der Waals surface area contributed by atoms with E-state index < -0.39 is 17.6 Å². The summed E-state index contributed by atoms with van der Waals surface area (Å²) in [6, 6.07) is 4.90. The molecule has 1 aliphatic rings. The van der Waals surface area contributed by atoms with Crippen LogP contribution < -0.4 is 10.6 Å². The third kappa shape index (κ3) is 5.11. The van der Waals surface area contributed by atoms with Crippen LogP contribution in [0, 0.1) is 11.3 Å². The third-order valence-corrected chi connectivity index (χ3v) is 6.94. The molecule has 1 atom stereocenters. The topological polar surface area (TPSA) is 58.2 Å². The zero-order chi connectivity index (χ0) is 23.0. The molecule has 2 N–H and O–H groups in total. The van der Waals surface area contributed by atoms with Crippen LogP contribution >= 0.6 is 11.3 Å². The van der Waals surface area contributed by atoms with Crippen molar-refractivity contribution in [3.63, 3.8) is 0 Å². The summed E-state index contributed by atoms with van der Waals surface area (Å²) in [5.74, 6) is -0.444. The average Bonchev–Trinajstić information content (AvgIpc) is 3.03. The molecule has 4 nitrogen and oxygen atoms in total. The number of carbonyl (C=O) groups excluding carboxylic acids is 2. The lowest BCUT2D eigenvalue weighted by molar-refractivity contribution is -0.136. The van der Waals surface area contributed by atoms with Gasteiger partial charge in [0, 0.05) is 11.3 Å². The van der Waals surface area contributed by atoms with Crippen LogP contribution in [0.4, 0.5) is 23.9 Å². The van der Waals surface area contributed by atoms with Gasteiger partial charge >= 0.3 is 6.18 Å². The SMILES string of the molecule is CCC(=O)Nc1sc2c(c1C(=O)Nc1ccccc1C(F)(F)F)CCC(C(C)(C)C)C2. The standard InChI is InChI=1S/C23H27F3N2O2S/c1-5-18(29)28-21-19(14-11-10-13(22(2,3)4)12-17(14)31-21)20(30)27-16-9-7-6-8-15(16)23(24,25)26/h6-9,13H,5,10-12H2,1-4H3,(H,27,30)(H,28,29). The molecule has 168 valence electrons. The first kappa shape index (κ1) is 23.3. The van der Waals surface area contributed by atoms with Crippen LogP contribution in [-0.4, -0.2) is 11.8 Å². The van der Waals surface area contributed by atoms with Gasteiger partial charge in [-0.2, -0.15) is 13.2 Å². The maximum Gasteiger partial charge on any atom is 0.418 e. The Balaban J connectivity index is 1.99. The predicted molar refractivity (Wildman–Crippen MR) is 118 cm³/mol. The number of para-hydroxylation sites is 1. The zero-order valence-corrected chi connectivity index (χ0v) is 18.9. The molecule has 8 heteroatoms. The summed E-state index contributed by atoms with van der Waals surface area (Å²) in [6.07, 6.45) is -2.03. The summed E-state index contributed by atoms with van der Waals surface area (Å²) in [7, 11) is 0. The Morgan fingerprint density at radius 2 is 1.81 bits per heavy atom. The Morgan fingerprint density at radius 3 is 2.42 bits per heavy atom. The van der Waals surface area contributed by atoms with E-state index in [2.05, 4.69) is 31.4 Å². The summed E-state index contributed by atoms with van der Waals surface area (Å²) in [6.45, 7) is 8.24. The molecule has 1 aromatic carbocycles. The number of rotatable bonds is 4. The monoisotopic (exact) mass is 452 g/mol. The summed E-state index contributed by atoms with van der Waals surface area (Å²) >= 11 is 1.36. The number of benzene rings is 1. The molecule has 0 radical (unpaired) electrons. The minimum atomic E-state index is -4.59. The minimum absolute atomic E-state index is 0.0998.